The first-order chi connectivity index (χ1) is 13.4. The molecule has 1 atom stereocenters. The van der Waals surface area contributed by atoms with E-state index in [-0.39, 0.29) is 17.5 Å². The van der Waals surface area contributed by atoms with E-state index in [2.05, 4.69) is 9.71 Å². The number of carbonyl (C=O) groups excluding carboxylic acids is 1. The second kappa shape index (κ2) is 8.19. The number of hydrogen-bond donors (Lipinski definition) is 1. The molecule has 1 aromatic rings. The summed E-state index contributed by atoms with van der Waals surface area (Å²) in [6, 6.07) is 4.91. The highest BCUT2D eigenvalue weighted by Gasteiger charge is 2.30. The zero-order chi connectivity index (χ0) is 20.3. The van der Waals surface area contributed by atoms with Gasteiger partial charge in [-0.2, -0.15) is 8.42 Å². The van der Waals surface area contributed by atoms with E-state index in [1.807, 2.05) is 0 Å². The first-order valence-corrected chi connectivity index (χ1v) is 10.2. The Morgan fingerprint density at radius 1 is 1.32 bits per heavy atom. The summed E-state index contributed by atoms with van der Waals surface area (Å²) in [6.07, 6.45) is 3.21. The lowest BCUT2D eigenvalue weighted by Gasteiger charge is -2.24. The molecule has 28 heavy (non-hydrogen) atoms. The quantitative estimate of drug-likeness (QED) is 0.747. The Morgan fingerprint density at radius 2 is 2.07 bits per heavy atom. The van der Waals surface area contributed by atoms with Crippen LogP contribution >= 0.6 is 0 Å². The molecule has 0 bridgehead atoms. The highest BCUT2D eigenvalue weighted by molar-refractivity contribution is 7.88. The summed E-state index contributed by atoms with van der Waals surface area (Å²) >= 11 is 0. The van der Waals surface area contributed by atoms with Crippen LogP contribution in [0.15, 0.2) is 34.4 Å². The van der Waals surface area contributed by atoms with Gasteiger partial charge in [0, 0.05) is 25.8 Å². The van der Waals surface area contributed by atoms with Gasteiger partial charge in [0.25, 0.3) is 5.91 Å². The minimum Gasteiger partial charge on any atom is -0.493 e. The molecule has 9 nitrogen and oxygen atoms in total. The van der Waals surface area contributed by atoms with Crippen LogP contribution in [0.3, 0.4) is 0 Å². The van der Waals surface area contributed by atoms with Crippen LogP contribution in [-0.4, -0.2) is 64.9 Å². The molecule has 0 aromatic heterocycles. The second-order valence-electron chi connectivity index (χ2n) is 6.37. The number of ether oxygens (including phenoxy) is 3. The van der Waals surface area contributed by atoms with Gasteiger partial charge in [0.05, 0.1) is 26.0 Å². The monoisotopic (exact) mass is 409 g/mol. The number of allylic oxidation sites excluding steroid dienone is 1. The molecule has 2 heterocycles. The largest absolute Gasteiger partial charge is 0.493 e. The van der Waals surface area contributed by atoms with Gasteiger partial charge in [-0.15, -0.1) is 4.40 Å². The number of benzene rings is 1. The summed E-state index contributed by atoms with van der Waals surface area (Å²) in [7, 11) is 0.243. The Balaban J connectivity index is 1.89. The molecule has 0 aliphatic carbocycles. The molecule has 2 aliphatic heterocycles. The predicted octanol–water partition coefficient (Wildman–Crippen LogP) is 0.862. The van der Waals surface area contributed by atoms with E-state index >= 15 is 0 Å². The van der Waals surface area contributed by atoms with Crippen molar-refractivity contribution < 1.29 is 27.4 Å². The normalized spacial score (nSPS) is 21.0. The molecule has 1 saturated heterocycles. The van der Waals surface area contributed by atoms with Crippen LogP contribution in [0.25, 0.3) is 0 Å². The number of hydrogen-bond acceptors (Lipinski definition) is 6. The Kier molecular flexibility index (Phi) is 5.90. The van der Waals surface area contributed by atoms with Gasteiger partial charge in [0.1, 0.15) is 5.70 Å². The molecule has 2 aliphatic rings. The van der Waals surface area contributed by atoms with Gasteiger partial charge < -0.3 is 19.5 Å². The lowest BCUT2D eigenvalue weighted by Crippen LogP contribution is -2.40. The van der Waals surface area contributed by atoms with Gasteiger partial charge in [-0.05, 0) is 37.1 Å². The van der Waals surface area contributed by atoms with Crippen LogP contribution in [0.2, 0.25) is 0 Å². The maximum Gasteiger partial charge on any atom is 0.345 e. The molecule has 152 valence electrons. The van der Waals surface area contributed by atoms with Crippen LogP contribution < -0.4 is 14.8 Å². The molecule has 1 amide bonds. The van der Waals surface area contributed by atoms with E-state index in [4.69, 9.17) is 14.2 Å². The number of rotatable bonds is 6. The van der Waals surface area contributed by atoms with Gasteiger partial charge >= 0.3 is 10.2 Å². The number of methoxy groups -OCH3 is 2. The Hall–Kier alpha value is -2.59. The van der Waals surface area contributed by atoms with Gasteiger partial charge in [0.2, 0.25) is 0 Å². The zero-order valence-corrected chi connectivity index (χ0v) is 16.8. The third-order valence-electron chi connectivity index (χ3n) is 4.60. The van der Waals surface area contributed by atoms with Gasteiger partial charge in [-0.1, -0.05) is 0 Å². The van der Waals surface area contributed by atoms with E-state index in [1.165, 1.54) is 27.3 Å². The van der Waals surface area contributed by atoms with Crippen LogP contribution in [0.1, 0.15) is 18.4 Å². The first-order valence-electron chi connectivity index (χ1n) is 8.78. The summed E-state index contributed by atoms with van der Waals surface area (Å²) in [5, 5.41) is 2.74. The third-order valence-corrected chi connectivity index (χ3v) is 5.91. The van der Waals surface area contributed by atoms with Crippen molar-refractivity contribution in [1.29, 1.82) is 0 Å². The van der Waals surface area contributed by atoms with Crippen LogP contribution in [0, 0.1) is 0 Å². The maximum atomic E-state index is 12.6. The van der Waals surface area contributed by atoms with E-state index in [0.29, 0.717) is 30.2 Å². The lowest BCUT2D eigenvalue weighted by atomic mass is 10.1. The molecular formula is C18H23N3O6S. The highest BCUT2D eigenvalue weighted by atomic mass is 32.2. The molecule has 1 fully saturated rings. The smallest absolute Gasteiger partial charge is 0.345 e. The highest BCUT2D eigenvalue weighted by Crippen LogP contribution is 2.29. The number of nitrogens with zero attached hydrogens (tertiary/aromatic N) is 2. The van der Waals surface area contributed by atoms with Crippen LogP contribution in [0.4, 0.5) is 0 Å². The third kappa shape index (κ3) is 4.12. The number of carbonyl (C=O) groups is 1. The van der Waals surface area contributed by atoms with Crippen molar-refractivity contribution in [1.82, 2.24) is 9.62 Å². The minimum absolute atomic E-state index is 0.0159. The molecule has 1 N–H and O–H groups in total. The van der Waals surface area contributed by atoms with Crippen molar-refractivity contribution >= 4 is 21.8 Å². The van der Waals surface area contributed by atoms with Crippen molar-refractivity contribution in [3.8, 4) is 11.5 Å². The fourth-order valence-corrected chi connectivity index (χ4v) is 3.91. The van der Waals surface area contributed by atoms with Crippen molar-refractivity contribution in [2.75, 3.05) is 34.4 Å². The van der Waals surface area contributed by atoms with Crippen molar-refractivity contribution in [3.05, 3.63) is 35.5 Å². The molecule has 10 heteroatoms. The summed E-state index contributed by atoms with van der Waals surface area (Å²) in [6.45, 7) is 1.00. The summed E-state index contributed by atoms with van der Waals surface area (Å²) in [5.74, 6) is 0.424. The number of likely N-dealkylation sites (N-methyl/N-ethyl adjacent to an activating group) is 1. The maximum absolute atomic E-state index is 12.6. The van der Waals surface area contributed by atoms with Gasteiger partial charge in [-0.25, -0.2) is 4.31 Å². The van der Waals surface area contributed by atoms with E-state index in [0.717, 1.165) is 17.1 Å². The predicted molar refractivity (Wildman–Crippen MR) is 103 cm³/mol. The summed E-state index contributed by atoms with van der Waals surface area (Å²) in [5.41, 5.74) is 0.609. The Morgan fingerprint density at radius 3 is 2.71 bits per heavy atom. The molecular weight excluding hydrogens is 386 g/mol. The standard InChI is InChI=1S/C18H23N3O6S/c1-21-15(18(22)19-11-13-5-4-8-27-13)10-14(20-28(21,23)24)12-6-7-16(25-2)17(9-12)26-3/h6-7,9-10,13H,4-5,8,11H2,1-3H3,(H,19,22)/t13-/m1/s1. The number of amides is 1. The van der Waals surface area contributed by atoms with Crippen LogP contribution in [-0.2, 0) is 19.7 Å². The van der Waals surface area contributed by atoms with E-state index in [1.54, 1.807) is 18.2 Å². The minimum atomic E-state index is -4.04. The van der Waals surface area contributed by atoms with Crippen molar-refractivity contribution in [3.63, 3.8) is 0 Å². The van der Waals surface area contributed by atoms with E-state index < -0.39 is 16.1 Å². The molecule has 0 radical (unpaired) electrons. The molecule has 3 rings (SSSR count). The average Bonchev–Trinajstić information content (AvgIpc) is 3.21. The van der Waals surface area contributed by atoms with Crippen LogP contribution in [0.5, 0.6) is 11.5 Å². The summed E-state index contributed by atoms with van der Waals surface area (Å²) < 4.78 is 45.5. The molecule has 0 spiro atoms. The summed E-state index contributed by atoms with van der Waals surface area (Å²) in [4.78, 5) is 12.6. The lowest BCUT2D eigenvalue weighted by molar-refractivity contribution is -0.118. The zero-order valence-electron chi connectivity index (χ0n) is 16.0. The number of nitrogens with one attached hydrogen (secondary N) is 1. The fraction of sp³-hybridized carbons (Fsp3) is 0.444. The van der Waals surface area contributed by atoms with Gasteiger partial charge in [0.15, 0.2) is 11.5 Å². The second-order valence-corrected chi connectivity index (χ2v) is 7.99. The van der Waals surface area contributed by atoms with E-state index in [9.17, 15) is 13.2 Å². The SMILES string of the molecule is COc1ccc(C2=NS(=O)(=O)N(C)C(C(=O)NC[C@H]3CCCO3)=C2)cc1OC. The topological polar surface area (TPSA) is 107 Å². The average molecular weight is 409 g/mol. The fourth-order valence-electron chi connectivity index (χ4n) is 3.00. The Labute approximate surface area is 164 Å². The Bertz CT molecular complexity index is 919. The van der Waals surface area contributed by atoms with Gasteiger partial charge in [-0.3, -0.25) is 4.79 Å². The molecule has 1 aromatic carbocycles. The van der Waals surface area contributed by atoms with Crippen molar-refractivity contribution in [2.24, 2.45) is 4.40 Å². The van der Waals surface area contributed by atoms with Crippen molar-refractivity contribution in [2.45, 2.75) is 18.9 Å². The molecule has 0 saturated carbocycles. The first kappa shape index (κ1) is 20.2. The molecule has 0 unspecified atom stereocenters.